The van der Waals surface area contributed by atoms with E-state index in [1.54, 1.807) is 0 Å². The fourth-order valence-corrected chi connectivity index (χ4v) is 1.88. The van der Waals surface area contributed by atoms with Crippen molar-refractivity contribution >= 4 is 0 Å². The highest BCUT2D eigenvalue weighted by Crippen LogP contribution is 2.05. The molecule has 0 bridgehead atoms. The minimum Gasteiger partial charge on any atom is -0.392 e. The molecular weight excluding hydrogens is 241 g/mol. The number of hydrogen-bond acceptors (Lipinski definition) is 2. The lowest BCUT2D eigenvalue weighted by atomic mass is 10.1. The number of nitrogens with one attached hydrogen (secondary N) is 1. The van der Waals surface area contributed by atoms with Crippen LogP contribution < -0.4 is 5.32 Å². The van der Waals surface area contributed by atoms with Gasteiger partial charge in [-0.25, -0.2) is 4.39 Å². The minimum absolute atomic E-state index is 0.0816. The molecule has 3 heteroatoms. The zero-order valence-corrected chi connectivity index (χ0v) is 10.8. The van der Waals surface area contributed by atoms with Gasteiger partial charge in [-0.3, -0.25) is 0 Å². The molecule has 0 saturated carbocycles. The molecule has 0 fully saturated rings. The second-order valence-corrected chi connectivity index (χ2v) is 4.53. The molecule has 2 aromatic rings. The predicted molar refractivity (Wildman–Crippen MR) is 74.2 cm³/mol. The largest absolute Gasteiger partial charge is 0.392 e. The van der Waals surface area contributed by atoms with Gasteiger partial charge in [0.05, 0.1) is 6.61 Å². The molecule has 2 rings (SSSR count). The molecule has 0 aliphatic carbocycles. The molecule has 2 N–H and O–H groups in total. The van der Waals surface area contributed by atoms with Gasteiger partial charge < -0.3 is 10.4 Å². The Morgan fingerprint density at radius 2 is 1.42 bits per heavy atom. The third-order valence-electron chi connectivity index (χ3n) is 3.04. The van der Waals surface area contributed by atoms with Crippen LogP contribution in [0.2, 0.25) is 0 Å². The molecule has 0 atom stereocenters. The van der Waals surface area contributed by atoms with Crippen molar-refractivity contribution in [1.82, 2.24) is 5.32 Å². The Bertz CT molecular complexity index is 493. The van der Waals surface area contributed by atoms with E-state index in [9.17, 15) is 4.39 Å². The van der Waals surface area contributed by atoms with Crippen molar-refractivity contribution in [2.45, 2.75) is 19.6 Å². The number of hydrogen-bond donors (Lipinski definition) is 2. The zero-order chi connectivity index (χ0) is 13.5. The quantitative estimate of drug-likeness (QED) is 0.782. The van der Waals surface area contributed by atoms with Crippen molar-refractivity contribution < 1.29 is 9.50 Å². The van der Waals surface area contributed by atoms with Gasteiger partial charge in [-0.15, -0.1) is 0 Å². The van der Waals surface area contributed by atoms with Crippen LogP contribution in [0.4, 0.5) is 4.39 Å². The molecule has 0 saturated heterocycles. The van der Waals surface area contributed by atoms with Crippen LogP contribution in [0.1, 0.15) is 16.7 Å². The predicted octanol–water partition coefficient (Wildman–Crippen LogP) is 2.65. The van der Waals surface area contributed by atoms with Gasteiger partial charge in [0.15, 0.2) is 0 Å². The summed E-state index contributed by atoms with van der Waals surface area (Å²) in [5.74, 6) is -0.194. The standard InChI is InChI=1S/C16H18FNO/c17-16-7-5-13(6-8-16)9-10-18-11-14-1-3-15(12-19)4-2-14/h1-8,18-19H,9-12H2. The van der Waals surface area contributed by atoms with Crippen molar-refractivity contribution in [2.75, 3.05) is 6.54 Å². The first-order chi connectivity index (χ1) is 9.28. The van der Waals surface area contributed by atoms with Gasteiger partial charge in [0.2, 0.25) is 0 Å². The zero-order valence-electron chi connectivity index (χ0n) is 10.8. The van der Waals surface area contributed by atoms with E-state index in [1.165, 1.54) is 17.7 Å². The van der Waals surface area contributed by atoms with Gasteiger partial charge in [-0.2, -0.15) is 0 Å². The van der Waals surface area contributed by atoms with Crippen LogP contribution in [0.25, 0.3) is 0 Å². The third-order valence-corrected chi connectivity index (χ3v) is 3.04. The SMILES string of the molecule is OCc1ccc(CNCCc2ccc(F)cc2)cc1. The van der Waals surface area contributed by atoms with E-state index in [0.29, 0.717) is 0 Å². The smallest absolute Gasteiger partial charge is 0.123 e. The molecule has 0 aromatic heterocycles. The highest BCUT2D eigenvalue weighted by atomic mass is 19.1. The number of benzene rings is 2. The summed E-state index contributed by atoms with van der Waals surface area (Å²) in [7, 11) is 0. The fourth-order valence-electron chi connectivity index (χ4n) is 1.88. The Morgan fingerprint density at radius 1 is 0.842 bits per heavy atom. The number of aliphatic hydroxyl groups is 1. The van der Waals surface area contributed by atoms with Crippen molar-refractivity contribution in [1.29, 1.82) is 0 Å². The maximum absolute atomic E-state index is 12.7. The maximum atomic E-state index is 12.7. The molecule has 0 heterocycles. The van der Waals surface area contributed by atoms with E-state index in [1.807, 2.05) is 36.4 Å². The second kappa shape index (κ2) is 7.02. The molecule has 100 valence electrons. The normalized spacial score (nSPS) is 10.6. The van der Waals surface area contributed by atoms with E-state index < -0.39 is 0 Å². The second-order valence-electron chi connectivity index (χ2n) is 4.53. The van der Waals surface area contributed by atoms with Crippen LogP contribution in [0.3, 0.4) is 0 Å². The number of halogens is 1. The van der Waals surface area contributed by atoms with Crippen LogP contribution in [0.15, 0.2) is 48.5 Å². The lowest BCUT2D eigenvalue weighted by Crippen LogP contribution is -2.16. The lowest BCUT2D eigenvalue weighted by molar-refractivity contribution is 0.282. The first-order valence-electron chi connectivity index (χ1n) is 6.42. The van der Waals surface area contributed by atoms with E-state index in [-0.39, 0.29) is 12.4 Å². The molecular formula is C16H18FNO. The molecule has 2 aromatic carbocycles. The van der Waals surface area contributed by atoms with Crippen molar-refractivity contribution in [3.8, 4) is 0 Å². The Kier molecular flexibility index (Phi) is 5.07. The van der Waals surface area contributed by atoms with Crippen molar-refractivity contribution in [3.63, 3.8) is 0 Å². The first-order valence-corrected chi connectivity index (χ1v) is 6.42. The van der Waals surface area contributed by atoms with E-state index in [4.69, 9.17) is 5.11 Å². The van der Waals surface area contributed by atoms with Gasteiger partial charge >= 0.3 is 0 Å². The average molecular weight is 259 g/mol. The van der Waals surface area contributed by atoms with E-state index in [0.717, 1.165) is 30.6 Å². The van der Waals surface area contributed by atoms with E-state index in [2.05, 4.69) is 5.32 Å². The van der Waals surface area contributed by atoms with Crippen molar-refractivity contribution in [2.24, 2.45) is 0 Å². The van der Waals surface area contributed by atoms with Gasteiger partial charge in [0.1, 0.15) is 5.82 Å². The topological polar surface area (TPSA) is 32.3 Å². The van der Waals surface area contributed by atoms with Crippen LogP contribution in [0, 0.1) is 5.82 Å². The molecule has 0 aliphatic heterocycles. The number of aliphatic hydroxyl groups excluding tert-OH is 1. The molecule has 0 amide bonds. The molecule has 19 heavy (non-hydrogen) atoms. The van der Waals surface area contributed by atoms with Gasteiger partial charge in [0, 0.05) is 6.54 Å². The summed E-state index contributed by atoms with van der Waals surface area (Å²) in [6.07, 6.45) is 0.884. The summed E-state index contributed by atoms with van der Waals surface area (Å²) in [5, 5.41) is 12.3. The van der Waals surface area contributed by atoms with Gasteiger partial charge in [-0.1, -0.05) is 36.4 Å². The molecule has 2 nitrogen and oxygen atoms in total. The Morgan fingerprint density at radius 3 is 2.05 bits per heavy atom. The molecule has 0 radical (unpaired) electrons. The van der Waals surface area contributed by atoms with Crippen molar-refractivity contribution in [3.05, 3.63) is 71.0 Å². The summed E-state index contributed by atoms with van der Waals surface area (Å²) in [5.41, 5.74) is 3.25. The average Bonchev–Trinajstić information content (AvgIpc) is 2.46. The Hall–Kier alpha value is -1.71. The van der Waals surface area contributed by atoms with Gasteiger partial charge in [0.25, 0.3) is 0 Å². The Labute approximate surface area is 112 Å². The van der Waals surface area contributed by atoms with Crippen LogP contribution >= 0.6 is 0 Å². The number of rotatable bonds is 6. The first kappa shape index (κ1) is 13.7. The maximum Gasteiger partial charge on any atom is 0.123 e. The molecule has 0 aliphatic rings. The van der Waals surface area contributed by atoms with Crippen LogP contribution in [0.5, 0.6) is 0 Å². The van der Waals surface area contributed by atoms with Crippen LogP contribution in [-0.2, 0) is 19.6 Å². The third kappa shape index (κ3) is 4.47. The summed E-state index contributed by atoms with van der Waals surface area (Å²) >= 11 is 0. The molecule has 0 unspecified atom stereocenters. The Balaban J connectivity index is 1.72. The van der Waals surface area contributed by atoms with Crippen LogP contribution in [-0.4, -0.2) is 11.7 Å². The highest BCUT2D eigenvalue weighted by molar-refractivity contribution is 5.22. The van der Waals surface area contributed by atoms with E-state index >= 15 is 0 Å². The monoisotopic (exact) mass is 259 g/mol. The fraction of sp³-hybridized carbons (Fsp3) is 0.250. The lowest BCUT2D eigenvalue weighted by Gasteiger charge is -2.06. The summed E-state index contributed by atoms with van der Waals surface area (Å²) in [6.45, 7) is 1.73. The molecule has 0 spiro atoms. The highest BCUT2D eigenvalue weighted by Gasteiger charge is 1.96. The van der Waals surface area contributed by atoms with Gasteiger partial charge in [-0.05, 0) is 41.8 Å². The summed E-state index contributed by atoms with van der Waals surface area (Å²) in [6, 6.07) is 14.5. The summed E-state index contributed by atoms with van der Waals surface area (Å²) < 4.78 is 12.7. The summed E-state index contributed by atoms with van der Waals surface area (Å²) in [4.78, 5) is 0. The minimum atomic E-state index is -0.194.